The van der Waals surface area contributed by atoms with Crippen LogP contribution in [0.5, 0.6) is 0 Å². The molecule has 0 bridgehead atoms. The first-order valence-electron chi connectivity index (χ1n) is 15.5. The minimum absolute atomic E-state index is 0.0524. The minimum atomic E-state index is -0.753. The number of alkyl carbamates (subject to hydrolysis) is 1. The maximum absolute atomic E-state index is 14.2. The quantitative estimate of drug-likeness (QED) is 0.0933. The van der Waals surface area contributed by atoms with E-state index in [1.807, 2.05) is 63.2 Å². The monoisotopic (exact) mass is 640 g/mol. The summed E-state index contributed by atoms with van der Waals surface area (Å²) in [4.78, 5) is 55.5. The van der Waals surface area contributed by atoms with Crippen molar-refractivity contribution in [3.63, 3.8) is 0 Å². The summed E-state index contributed by atoms with van der Waals surface area (Å²) in [6.07, 6.45) is 2.07. The van der Waals surface area contributed by atoms with Crippen LogP contribution in [0.1, 0.15) is 85.4 Å². The first kappa shape index (κ1) is 33.0. The molecular weight excluding hydrogens is 600 g/mol. The standard InChI is InChI=1S/C35H40N6O6/c1-20(42)47-40-31(36)22-12-17-27-28(18-22)41(19-23-10-7-9-21-8-5-6-11-26(21)23)30(29(27)32(37)43)33(44)38-24-13-15-25(16-14-24)39-34(45)46-35(2,3)4/h5-12,17-18,24-25H,13-16,19H2,1-4H3,(H2,36,40)(H2,37,43)(H,38,44)(H,39,45)/t24-,25-. The molecule has 1 aliphatic rings. The van der Waals surface area contributed by atoms with Crippen LogP contribution in [0.15, 0.2) is 65.8 Å². The van der Waals surface area contributed by atoms with Gasteiger partial charge in [-0.3, -0.25) is 9.59 Å². The number of nitrogens with zero attached hydrogens (tertiary/aromatic N) is 2. The van der Waals surface area contributed by atoms with Crippen LogP contribution in [0, 0.1) is 0 Å². The molecule has 5 rings (SSSR count). The van der Waals surface area contributed by atoms with Crippen molar-refractivity contribution in [3.8, 4) is 0 Å². The van der Waals surface area contributed by atoms with Gasteiger partial charge in [-0.15, -0.1) is 0 Å². The summed E-state index contributed by atoms with van der Waals surface area (Å²) in [7, 11) is 0. The van der Waals surface area contributed by atoms with Gasteiger partial charge < -0.3 is 36.2 Å². The zero-order valence-corrected chi connectivity index (χ0v) is 27.0. The van der Waals surface area contributed by atoms with Crippen molar-refractivity contribution in [2.45, 2.75) is 77.6 Å². The van der Waals surface area contributed by atoms with Gasteiger partial charge in [0.15, 0.2) is 5.84 Å². The average molecular weight is 641 g/mol. The van der Waals surface area contributed by atoms with Crippen LogP contribution in [-0.2, 0) is 20.9 Å². The molecule has 3 aromatic carbocycles. The normalized spacial score (nSPS) is 16.9. The van der Waals surface area contributed by atoms with Gasteiger partial charge in [0.05, 0.1) is 11.1 Å². The van der Waals surface area contributed by atoms with Crippen LogP contribution < -0.4 is 22.1 Å². The Labute approximate surface area is 272 Å². The van der Waals surface area contributed by atoms with Crippen LogP contribution in [0.4, 0.5) is 4.79 Å². The molecule has 12 nitrogen and oxygen atoms in total. The number of hydrogen-bond donors (Lipinski definition) is 4. The lowest BCUT2D eigenvalue weighted by molar-refractivity contribution is -0.140. The Morgan fingerprint density at radius 2 is 1.55 bits per heavy atom. The van der Waals surface area contributed by atoms with Gasteiger partial charge in [0, 0.05) is 36.5 Å². The Bertz CT molecular complexity index is 1880. The molecule has 0 atom stereocenters. The van der Waals surface area contributed by atoms with Crippen molar-refractivity contribution >= 4 is 51.4 Å². The lowest BCUT2D eigenvalue weighted by atomic mass is 9.91. The van der Waals surface area contributed by atoms with E-state index in [2.05, 4.69) is 15.8 Å². The van der Waals surface area contributed by atoms with E-state index in [4.69, 9.17) is 21.0 Å². The number of amides is 3. The Morgan fingerprint density at radius 3 is 2.21 bits per heavy atom. The number of fused-ring (bicyclic) bond motifs is 2. The second-order valence-corrected chi connectivity index (χ2v) is 12.8. The molecule has 0 unspecified atom stereocenters. The summed E-state index contributed by atoms with van der Waals surface area (Å²) < 4.78 is 7.16. The second-order valence-electron chi connectivity index (χ2n) is 12.8. The summed E-state index contributed by atoms with van der Waals surface area (Å²) in [5.41, 5.74) is 13.6. The molecule has 1 saturated carbocycles. The first-order chi connectivity index (χ1) is 22.3. The summed E-state index contributed by atoms with van der Waals surface area (Å²) in [6, 6.07) is 18.5. The minimum Gasteiger partial charge on any atom is -0.444 e. The molecule has 0 aliphatic heterocycles. The third-order valence-corrected chi connectivity index (χ3v) is 8.09. The van der Waals surface area contributed by atoms with Crippen LogP contribution in [0.2, 0.25) is 0 Å². The molecule has 0 saturated heterocycles. The summed E-state index contributed by atoms with van der Waals surface area (Å²) in [5, 5.41) is 12.2. The molecule has 3 amide bonds. The van der Waals surface area contributed by atoms with Gasteiger partial charge in [-0.2, -0.15) is 0 Å². The maximum Gasteiger partial charge on any atom is 0.407 e. The summed E-state index contributed by atoms with van der Waals surface area (Å²) >= 11 is 0. The Hall–Kier alpha value is -5.39. The fraction of sp³-hybridized carbons (Fsp3) is 0.343. The Morgan fingerprint density at radius 1 is 0.894 bits per heavy atom. The second kappa shape index (κ2) is 13.5. The number of aromatic nitrogens is 1. The van der Waals surface area contributed by atoms with Crippen LogP contribution in [0.25, 0.3) is 21.7 Å². The number of carbonyl (C=O) groups excluding carboxylic acids is 4. The van der Waals surface area contributed by atoms with E-state index in [-0.39, 0.29) is 35.7 Å². The molecule has 1 aromatic heterocycles. The van der Waals surface area contributed by atoms with Crippen LogP contribution >= 0.6 is 0 Å². The SMILES string of the molecule is CC(=O)ON=C(N)c1ccc2c(C(N)=O)c(C(=O)N[C@H]3CC[C@H](NC(=O)OC(C)(C)C)CC3)n(Cc3cccc4ccccc34)c2c1. The molecule has 1 heterocycles. The highest BCUT2D eigenvalue weighted by Crippen LogP contribution is 2.31. The molecular formula is C35H40N6O6. The maximum atomic E-state index is 14.2. The van der Waals surface area contributed by atoms with Crippen molar-refractivity contribution in [2.75, 3.05) is 0 Å². The van der Waals surface area contributed by atoms with Crippen molar-refractivity contribution in [2.24, 2.45) is 16.6 Å². The van der Waals surface area contributed by atoms with Crippen molar-refractivity contribution < 1.29 is 28.8 Å². The molecule has 12 heteroatoms. The highest BCUT2D eigenvalue weighted by molar-refractivity contribution is 6.16. The van der Waals surface area contributed by atoms with E-state index in [0.29, 0.717) is 42.1 Å². The number of hydrogen-bond acceptors (Lipinski definition) is 7. The molecule has 47 heavy (non-hydrogen) atoms. The van der Waals surface area contributed by atoms with Gasteiger partial charge in [-0.05, 0) is 68.9 Å². The van der Waals surface area contributed by atoms with Crippen molar-refractivity contribution in [1.29, 1.82) is 0 Å². The Kier molecular flexibility index (Phi) is 9.50. The fourth-order valence-electron chi connectivity index (χ4n) is 6.04. The number of rotatable bonds is 8. The molecule has 4 aromatic rings. The first-order valence-corrected chi connectivity index (χ1v) is 15.5. The van der Waals surface area contributed by atoms with Gasteiger partial charge >= 0.3 is 12.1 Å². The molecule has 6 N–H and O–H groups in total. The number of nitrogens with one attached hydrogen (secondary N) is 2. The van der Waals surface area contributed by atoms with Gasteiger partial charge in [0.2, 0.25) is 0 Å². The van der Waals surface area contributed by atoms with E-state index in [1.165, 1.54) is 6.92 Å². The van der Waals surface area contributed by atoms with Crippen molar-refractivity contribution in [3.05, 3.63) is 83.0 Å². The molecule has 0 spiro atoms. The summed E-state index contributed by atoms with van der Waals surface area (Å²) in [5.74, 6) is -1.88. The number of amidine groups is 1. The lowest BCUT2D eigenvalue weighted by Gasteiger charge is -2.30. The molecule has 1 aliphatic carbocycles. The van der Waals surface area contributed by atoms with Gasteiger partial charge in [0.1, 0.15) is 11.3 Å². The number of benzene rings is 3. The smallest absolute Gasteiger partial charge is 0.407 e. The predicted molar refractivity (Wildman–Crippen MR) is 179 cm³/mol. The number of carbonyl (C=O) groups is 4. The zero-order valence-electron chi connectivity index (χ0n) is 27.0. The summed E-state index contributed by atoms with van der Waals surface area (Å²) in [6.45, 7) is 6.88. The van der Waals surface area contributed by atoms with E-state index in [1.54, 1.807) is 22.8 Å². The van der Waals surface area contributed by atoms with Crippen LogP contribution in [0.3, 0.4) is 0 Å². The van der Waals surface area contributed by atoms with E-state index in [0.717, 1.165) is 16.3 Å². The number of oxime groups is 1. The average Bonchev–Trinajstić information content (AvgIpc) is 3.33. The van der Waals surface area contributed by atoms with E-state index >= 15 is 0 Å². The largest absolute Gasteiger partial charge is 0.444 e. The van der Waals surface area contributed by atoms with E-state index < -0.39 is 29.5 Å². The Balaban J connectivity index is 1.51. The molecule has 1 fully saturated rings. The van der Waals surface area contributed by atoms with Gasteiger partial charge in [0.25, 0.3) is 11.8 Å². The molecule has 0 radical (unpaired) electrons. The molecule has 246 valence electrons. The topological polar surface area (TPSA) is 180 Å². The van der Waals surface area contributed by atoms with Gasteiger partial charge in [-0.1, -0.05) is 59.8 Å². The number of ether oxygens (including phenoxy) is 1. The number of primary amides is 1. The van der Waals surface area contributed by atoms with Gasteiger partial charge in [-0.25, -0.2) is 9.59 Å². The highest BCUT2D eigenvalue weighted by Gasteiger charge is 2.30. The fourth-order valence-corrected chi connectivity index (χ4v) is 6.04. The third-order valence-electron chi connectivity index (χ3n) is 8.09. The third kappa shape index (κ3) is 7.71. The lowest BCUT2D eigenvalue weighted by Crippen LogP contribution is -2.45. The number of nitrogens with two attached hydrogens (primary N) is 2. The van der Waals surface area contributed by atoms with E-state index in [9.17, 15) is 19.2 Å². The van der Waals surface area contributed by atoms with Crippen molar-refractivity contribution in [1.82, 2.24) is 15.2 Å². The zero-order chi connectivity index (χ0) is 33.9. The predicted octanol–water partition coefficient (Wildman–Crippen LogP) is 4.69. The highest BCUT2D eigenvalue weighted by atomic mass is 16.7. The van der Waals surface area contributed by atoms with Crippen LogP contribution in [-0.4, -0.2) is 52.0 Å².